The first-order valence-electron chi connectivity index (χ1n) is 9.42. The van der Waals surface area contributed by atoms with Crippen molar-refractivity contribution in [3.05, 3.63) is 76.0 Å². The molecule has 2 aromatic carbocycles. The number of carbonyl (C=O) groups is 1. The van der Waals surface area contributed by atoms with Crippen LogP contribution < -0.4 is 10.9 Å². The van der Waals surface area contributed by atoms with Gasteiger partial charge in [0.15, 0.2) is 0 Å². The SMILES string of the molecule is CCC(C(=O)NCc1ccc(F)cc1)n1nc(C)c2sc3ccccc3c2c1=O. The molecule has 1 amide bonds. The van der Waals surface area contributed by atoms with Crippen molar-refractivity contribution in [3.8, 4) is 0 Å². The molecule has 0 saturated carbocycles. The van der Waals surface area contributed by atoms with E-state index in [2.05, 4.69) is 10.4 Å². The summed E-state index contributed by atoms with van der Waals surface area (Å²) in [4.78, 5) is 26.1. The Balaban J connectivity index is 1.70. The lowest BCUT2D eigenvalue weighted by Gasteiger charge is -2.17. The highest BCUT2D eigenvalue weighted by Gasteiger charge is 2.24. The van der Waals surface area contributed by atoms with Gasteiger partial charge in [0.1, 0.15) is 11.9 Å². The van der Waals surface area contributed by atoms with Crippen LogP contribution in [0.25, 0.3) is 20.2 Å². The van der Waals surface area contributed by atoms with Crippen molar-refractivity contribution in [2.45, 2.75) is 32.9 Å². The van der Waals surface area contributed by atoms with Gasteiger partial charge in [-0.25, -0.2) is 9.07 Å². The van der Waals surface area contributed by atoms with Crippen LogP contribution >= 0.6 is 11.3 Å². The van der Waals surface area contributed by atoms with E-state index in [0.29, 0.717) is 11.8 Å². The third-order valence-electron chi connectivity index (χ3n) is 4.97. The largest absolute Gasteiger partial charge is 0.350 e. The summed E-state index contributed by atoms with van der Waals surface area (Å²) >= 11 is 1.54. The van der Waals surface area contributed by atoms with Crippen LogP contribution in [0.2, 0.25) is 0 Å². The molecular weight excluding hydrogens is 389 g/mol. The molecule has 2 aromatic heterocycles. The van der Waals surface area contributed by atoms with E-state index in [-0.39, 0.29) is 23.8 Å². The molecule has 4 rings (SSSR count). The molecule has 4 aromatic rings. The highest BCUT2D eigenvalue weighted by Crippen LogP contribution is 2.33. The Morgan fingerprint density at radius 3 is 2.66 bits per heavy atom. The van der Waals surface area contributed by atoms with Gasteiger partial charge in [-0.1, -0.05) is 37.3 Å². The van der Waals surface area contributed by atoms with Gasteiger partial charge in [0.25, 0.3) is 5.56 Å². The summed E-state index contributed by atoms with van der Waals surface area (Å²) in [6, 6.07) is 13.0. The molecule has 0 radical (unpaired) electrons. The van der Waals surface area contributed by atoms with E-state index < -0.39 is 6.04 Å². The van der Waals surface area contributed by atoms with Gasteiger partial charge in [0.05, 0.1) is 15.8 Å². The second-order valence-electron chi connectivity index (χ2n) is 6.91. The predicted octanol–water partition coefficient (Wildman–Crippen LogP) is 4.33. The molecule has 148 valence electrons. The number of nitrogens with zero attached hydrogens (tertiary/aromatic N) is 2. The topological polar surface area (TPSA) is 64.0 Å². The van der Waals surface area contributed by atoms with Crippen LogP contribution in [0.15, 0.2) is 53.3 Å². The summed E-state index contributed by atoms with van der Waals surface area (Å²) in [6.45, 7) is 3.96. The van der Waals surface area contributed by atoms with Crippen molar-refractivity contribution in [1.82, 2.24) is 15.1 Å². The summed E-state index contributed by atoms with van der Waals surface area (Å²) < 4.78 is 16.2. The molecule has 0 spiro atoms. The Morgan fingerprint density at radius 1 is 1.21 bits per heavy atom. The van der Waals surface area contributed by atoms with Gasteiger partial charge in [-0.15, -0.1) is 11.3 Å². The molecule has 0 saturated heterocycles. The molecule has 0 aliphatic carbocycles. The van der Waals surface area contributed by atoms with E-state index in [9.17, 15) is 14.0 Å². The Labute approximate surface area is 170 Å². The van der Waals surface area contributed by atoms with Crippen molar-refractivity contribution < 1.29 is 9.18 Å². The number of rotatable bonds is 5. The number of halogens is 1. The van der Waals surface area contributed by atoms with Crippen molar-refractivity contribution in [2.24, 2.45) is 0 Å². The van der Waals surface area contributed by atoms with E-state index in [1.165, 1.54) is 16.8 Å². The lowest BCUT2D eigenvalue weighted by Crippen LogP contribution is -2.38. The fraction of sp³-hybridized carbons (Fsp3) is 0.227. The Hall–Kier alpha value is -3.06. The van der Waals surface area contributed by atoms with Crippen LogP contribution in [0.5, 0.6) is 0 Å². The van der Waals surface area contributed by atoms with Crippen molar-refractivity contribution in [2.75, 3.05) is 0 Å². The third kappa shape index (κ3) is 3.53. The zero-order chi connectivity index (χ0) is 20.5. The average Bonchev–Trinajstić information content (AvgIpc) is 3.12. The molecule has 0 aliphatic rings. The van der Waals surface area contributed by atoms with Crippen molar-refractivity contribution >= 4 is 37.4 Å². The van der Waals surface area contributed by atoms with Gasteiger partial charge in [0, 0.05) is 16.6 Å². The van der Waals surface area contributed by atoms with E-state index in [1.54, 1.807) is 23.5 Å². The first kappa shape index (κ1) is 19.3. The molecule has 2 heterocycles. The van der Waals surface area contributed by atoms with Crippen LogP contribution in [0.3, 0.4) is 0 Å². The van der Waals surface area contributed by atoms with Crippen LogP contribution in [-0.2, 0) is 11.3 Å². The summed E-state index contributed by atoms with van der Waals surface area (Å²) in [5.41, 5.74) is 1.25. The van der Waals surface area contributed by atoms with Gasteiger partial charge < -0.3 is 5.32 Å². The second kappa shape index (κ2) is 7.75. The maximum absolute atomic E-state index is 13.3. The van der Waals surface area contributed by atoms with E-state index in [1.807, 2.05) is 38.1 Å². The van der Waals surface area contributed by atoms with E-state index >= 15 is 0 Å². The van der Waals surface area contributed by atoms with Crippen molar-refractivity contribution in [3.63, 3.8) is 0 Å². The van der Waals surface area contributed by atoms with Crippen LogP contribution in [-0.4, -0.2) is 15.7 Å². The van der Waals surface area contributed by atoms with Gasteiger partial charge >= 0.3 is 0 Å². The Morgan fingerprint density at radius 2 is 1.93 bits per heavy atom. The van der Waals surface area contributed by atoms with Crippen LogP contribution in [0.1, 0.15) is 30.6 Å². The number of carbonyl (C=O) groups excluding carboxylic acids is 1. The smallest absolute Gasteiger partial charge is 0.276 e. The number of hydrogen-bond acceptors (Lipinski definition) is 4. The zero-order valence-electron chi connectivity index (χ0n) is 16.1. The average molecular weight is 409 g/mol. The molecule has 0 fully saturated rings. The predicted molar refractivity (Wildman–Crippen MR) is 114 cm³/mol. The summed E-state index contributed by atoms with van der Waals surface area (Å²) in [5, 5.41) is 8.80. The number of aromatic nitrogens is 2. The zero-order valence-corrected chi connectivity index (χ0v) is 16.9. The molecule has 29 heavy (non-hydrogen) atoms. The maximum atomic E-state index is 13.3. The fourth-order valence-corrected chi connectivity index (χ4v) is 4.60. The molecule has 5 nitrogen and oxygen atoms in total. The van der Waals surface area contributed by atoms with Crippen molar-refractivity contribution in [1.29, 1.82) is 0 Å². The lowest BCUT2D eigenvalue weighted by molar-refractivity contribution is -0.125. The minimum absolute atomic E-state index is 0.257. The monoisotopic (exact) mass is 409 g/mol. The summed E-state index contributed by atoms with van der Waals surface area (Å²) in [7, 11) is 0. The normalized spacial score (nSPS) is 12.4. The number of hydrogen-bond donors (Lipinski definition) is 1. The minimum Gasteiger partial charge on any atom is -0.350 e. The first-order chi connectivity index (χ1) is 14.0. The number of aryl methyl sites for hydroxylation is 1. The first-order valence-corrected chi connectivity index (χ1v) is 10.2. The quantitative estimate of drug-likeness (QED) is 0.534. The highest BCUT2D eigenvalue weighted by molar-refractivity contribution is 7.26. The molecule has 0 aliphatic heterocycles. The number of thiophene rings is 1. The van der Waals surface area contributed by atoms with Crippen LogP contribution in [0.4, 0.5) is 4.39 Å². The second-order valence-corrected chi connectivity index (χ2v) is 7.96. The van der Waals surface area contributed by atoms with Gasteiger partial charge in [-0.3, -0.25) is 9.59 Å². The number of amides is 1. The summed E-state index contributed by atoms with van der Waals surface area (Å²) in [5.74, 6) is -0.612. The van der Waals surface area contributed by atoms with E-state index in [4.69, 9.17) is 0 Å². The highest BCUT2D eigenvalue weighted by atomic mass is 32.1. The van der Waals surface area contributed by atoms with E-state index in [0.717, 1.165) is 26.0 Å². The molecule has 1 unspecified atom stereocenters. The third-order valence-corrected chi connectivity index (χ3v) is 6.25. The van der Waals surface area contributed by atoms with Gasteiger partial charge in [-0.05, 0) is 37.1 Å². The molecule has 7 heteroatoms. The standard InChI is InChI=1S/C22H20FN3O2S/c1-3-17(21(27)24-12-14-8-10-15(23)11-9-14)26-22(28)19-16-6-4-5-7-18(16)29-20(19)13(2)25-26/h4-11,17H,3,12H2,1-2H3,(H,24,27). The molecular formula is C22H20FN3O2S. The molecule has 1 atom stereocenters. The Kier molecular flexibility index (Phi) is 5.15. The minimum atomic E-state index is -0.718. The van der Waals surface area contributed by atoms with Crippen LogP contribution in [0, 0.1) is 12.7 Å². The maximum Gasteiger partial charge on any atom is 0.276 e. The number of fused-ring (bicyclic) bond motifs is 3. The number of benzene rings is 2. The molecule has 1 N–H and O–H groups in total. The fourth-order valence-electron chi connectivity index (χ4n) is 3.47. The number of nitrogens with one attached hydrogen (secondary N) is 1. The van der Waals surface area contributed by atoms with Gasteiger partial charge in [-0.2, -0.15) is 5.10 Å². The lowest BCUT2D eigenvalue weighted by atomic mass is 10.1. The van der Waals surface area contributed by atoms with Gasteiger partial charge in [0.2, 0.25) is 5.91 Å². The molecule has 0 bridgehead atoms. The Bertz CT molecular complexity index is 1260. The summed E-state index contributed by atoms with van der Waals surface area (Å²) in [6.07, 6.45) is 0.426.